The van der Waals surface area contributed by atoms with Crippen LogP contribution in [0.5, 0.6) is 11.5 Å². The fraction of sp³-hybridized carbons (Fsp3) is 0.364. The molecule has 1 aromatic carbocycles. The van der Waals surface area contributed by atoms with E-state index in [4.69, 9.17) is 0 Å². The van der Waals surface area contributed by atoms with Crippen LogP contribution in [-0.2, 0) is 4.79 Å². The molecule has 2 heterocycles. The van der Waals surface area contributed by atoms with Gasteiger partial charge in [-0.1, -0.05) is 0 Å². The lowest BCUT2D eigenvalue weighted by atomic mass is 10.2. The topological polar surface area (TPSA) is 38.8 Å². The maximum atomic E-state index is 12.8. The molecule has 1 amide bonds. The van der Waals surface area contributed by atoms with Gasteiger partial charge < -0.3 is 14.4 Å². The fourth-order valence-corrected chi connectivity index (χ4v) is 2.03. The molecule has 90 valence electrons. The molecular formula is C11H9F2NO3. The van der Waals surface area contributed by atoms with Crippen LogP contribution >= 0.6 is 0 Å². The molecule has 0 aromatic heterocycles. The van der Waals surface area contributed by atoms with Crippen molar-refractivity contribution in [3.05, 3.63) is 18.2 Å². The first-order chi connectivity index (χ1) is 8.05. The summed E-state index contributed by atoms with van der Waals surface area (Å²) < 4.78 is 34.2. The number of hydrogen-bond donors (Lipinski definition) is 0. The van der Waals surface area contributed by atoms with Crippen molar-refractivity contribution in [1.29, 1.82) is 0 Å². The van der Waals surface area contributed by atoms with E-state index < -0.39 is 6.29 Å². The molecule has 3 rings (SSSR count). The average Bonchev–Trinajstić information content (AvgIpc) is 2.78. The van der Waals surface area contributed by atoms with Gasteiger partial charge in [0.15, 0.2) is 11.5 Å². The molecule has 2 aliphatic rings. The van der Waals surface area contributed by atoms with Crippen LogP contribution in [0.15, 0.2) is 18.2 Å². The smallest absolute Gasteiger partial charge is 0.395 e. The van der Waals surface area contributed by atoms with E-state index in [0.717, 1.165) is 6.42 Å². The number of carbonyl (C=O) groups excluding carboxylic acids is 1. The van der Waals surface area contributed by atoms with Crippen LogP contribution in [0.2, 0.25) is 0 Å². The molecular weight excluding hydrogens is 232 g/mol. The van der Waals surface area contributed by atoms with Gasteiger partial charge in [0.05, 0.1) is 0 Å². The van der Waals surface area contributed by atoms with Crippen molar-refractivity contribution in [2.75, 3.05) is 11.4 Å². The van der Waals surface area contributed by atoms with Gasteiger partial charge in [-0.25, -0.2) is 0 Å². The molecule has 0 saturated carbocycles. The maximum absolute atomic E-state index is 12.8. The van der Waals surface area contributed by atoms with Gasteiger partial charge in [-0.3, -0.25) is 4.79 Å². The molecule has 0 aliphatic carbocycles. The van der Waals surface area contributed by atoms with E-state index in [1.807, 2.05) is 0 Å². The SMILES string of the molecule is O=C1CCCN1c1ccc2c(c1)OC(F)(F)O2. The second-order valence-electron chi connectivity index (χ2n) is 3.95. The summed E-state index contributed by atoms with van der Waals surface area (Å²) in [7, 11) is 0. The van der Waals surface area contributed by atoms with E-state index in [1.54, 1.807) is 11.0 Å². The second kappa shape index (κ2) is 3.32. The summed E-state index contributed by atoms with van der Waals surface area (Å²) >= 11 is 0. The number of rotatable bonds is 1. The van der Waals surface area contributed by atoms with Gasteiger partial charge in [0.1, 0.15) is 0 Å². The Bertz CT molecular complexity index is 490. The number of nitrogens with zero attached hydrogens (tertiary/aromatic N) is 1. The summed E-state index contributed by atoms with van der Waals surface area (Å²) in [4.78, 5) is 13.1. The molecule has 4 nitrogen and oxygen atoms in total. The van der Waals surface area contributed by atoms with Crippen molar-refractivity contribution >= 4 is 11.6 Å². The van der Waals surface area contributed by atoms with E-state index >= 15 is 0 Å². The minimum absolute atomic E-state index is 0.00405. The third kappa shape index (κ3) is 1.69. The zero-order chi connectivity index (χ0) is 12.0. The van der Waals surface area contributed by atoms with E-state index in [-0.39, 0.29) is 17.4 Å². The molecule has 0 spiro atoms. The summed E-state index contributed by atoms with van der Waals surface area (Å²) in [5, 5.41) is 0. The Morgan fingerprint density at radius 1 is 1.24 bits per heavy atom. The lowest BCUT2D eigenvalue weighted by Gasteiger charge is -2.15. The summed E-state index contributed by atoms with van der Waals surface area (Å²) in [6.07, 6.45) is -2.34. The minimum Gasteiger partial charge on any atom is -0.395 e. The number of amides is 1. The predicted octanol–water partition coefficient (Wildman–Crippen LogP) is 2.13. The fourth-order valence-electron chi connectivity index (χ4n) is 2.03. The van der Waals surface area contributed by atoms with Gasteiger partial charge in [0, 0.05) is 24.7 Å². The number of alkyl halides is 2. The molecule has 1 aromatic rings. The molecule has 0 radical (unpaired) electrons. The van der Waals surface area contributed by atoms with Crippen molar-refractivity contribution in [3.8, 4) is 11.5 Å². The first kappa shape index (κ1) is 10.3. The zero-order valence-corrected chi connectivity index (χ0v) is 8.78. The summed E-state index contributed by atoms with van der Waals surface area (Å²) in [6.45, 7) is 0.606. The van der Waals surface area contributed by atoms with Crippen LogP contribution in [0.25, 0.3) is 0 Å². The van der Waals surface area contributed by atoms with Gasteiger partial charge >= 0.3 is 6.29 Å². The Balaban J connectivity index is 1.93. The van der Waals surface area contributed by atoms with Crippen LogP contribution in [0.1, 0.15) is 12.8 Å². The van der Waals surface area contributed by atoms with Crippen molar-refractivity contribution < 1.29 is 23.0 Å². The standard InChI is InChI=1S/C11H9F2NO3/c12-11(13)16-8-4-3-7(6-9(8)17-11)14-5-1-2-10(14)15/h3-4,6H,1-2,5H2. The number of anilines is 1. The molecule has 1 saturated heterocycles. The number of halogens is 2. The quantitative estimate of drug-likeness (QED) is 0.756. The van der Waals surface area contributed by atoms with E-state index in [0.29, 0.717) is 18.7 Å². The van der Waals surface area contributed by atoms with Crippen molar-refractivity contribution in [2.45, 2.75) is 19.1 Å². The molecule has 0 atom stereocenters. The van der Waals surface area contributed by atoms with E-state index in [2.05, 4.69) is 9.47 Å². The Labute approximate surface area is 95.7 Å². The van der Waals surface area contributed by atoms with Crippen molar-refractivity contribution in [2.24, 2.45) is 0 Å². The highest BCUT2D eigenvalue weighted by Gasteiger charge is 2.43. The third-order valence-corrected chi connectivity index (χ3v) is 2.77. The lowest BCUT2D eigenvalue weighted by Crippen LogP contribution is -2.26. The normalized spacial score (nSPS) is 21.1. The Morgan fingerprint density at radius 3 is 2.71 bits per heavy atom. The Morgan fingerprint density at radius 2 is 2.00 bits per heavy atom. The number of hydrogen-bond acceptors (Lipinski definition) is 3. The first-order valence-electron chi connectivity index (χ1n) is 5.25. The highest BCUT2D eigenvalue weighted by Crippen LogP contribution is 2.43. The largest absolute Gasteiger partial charge is 0.586 e. The monoisotopic (exact) mass is 241 g/mol. The molecule has 0 N–H and O–H groups in total. The molecule has 6 heteroatoms. The summed E-state index contributed by atoms with van der Waals surface area (Å²) in [6, 6.07) is 4.36. The average molecular weight is 241 g/mol. The van der Waals surface area contributed by atoms with Gasteiger partial charge in [-0.15, -0.1) is 8.78 Å². The van der Waals surface area contributed by atoms with Gasteiger partial charge in [-0.2, -0.15) is 0 Å². The number of carbonyl (C=O) groups is 1. The second-order valence-corrected chi connectivity index (χ2v) is 3.95. The molecule has 17 heavy (non-hydrogen) atoms. The Hall–Kier alpha value is -1.85. The van der Waals surface area contributed by atoms with Crippen LogP contribution in [0.3, 0.4) is 0 Å². The molecule has 2 aliphatic heterocycles. The highest BCUT2D eigenvalue weighted by molar-refractivity contribution is 5.95. The number of ether oxygens (including phenoxy) is 2. The molecule has 0 bridgehead atoms. The lowest BCUT2D eigenvalue weighted by molar-refractivity contribution is -0.286. The molecule has 0 unspecified atom stereocenters. The summed E-state index contributed by atoms with van der Waals surface area (Å²) in [5.41, 5.74) is 0.563. The van der Waals surface area contributed by atoms with Gasteiger partial charge in [0.25, 0.3) is 0 Å². The summed E-state index contributed by atoms with van der Waals surface area (Å²) in [5.74, 6) is -0.0479. The van der Waals surface area contributed by atoms with Crippen LogP contribution in [-0.4, -0.2) is 18.7 Å². The van der Waals surface area contributed by atoms with Crippen LogP contribution in [0.4, 0.5) is 14.5 Å². The maximum Gasteiger partial charge on any atom is 0.586 e. The van der Waals surface area contributed by atoms with Gasteiger partial charge in [0.2, 0.25) is 5.91 Å². The zero-order valence-electron chi connectivity index (χ0n) is 8.78. The van der Waals surface area contributed by atoms with Gasteiger partial charge in [-0.05, 0) is 18.6 Å². The number of fused-ring (bicyclic) bond motifs is 1. The van der Waals surface area contributed by atoms with E-state index in [9.17, 15) is 13.6 Å². The molecule has 1 fully saturated rings. The minimum atomic E-state index is -3.62. The van der Waals surface area contributed by atoms with Crippen molar-refractivity contribution in [3.63, 3.8) is 0 Å². The van der Waals surface area contributed by atoms with Crippen LogP contribution in [0, 0.1) is 0 Å². The number of benzene rings is 1. The Kier molecular flexibility index (Phi) is 2.01. The third-order valence-electron chi connectivity index (χ3n) is 2.77. The van der Waals surface area contributed by atoms with E-state index in [1.165, 1.54) is 12.1 Å². The predicted molar refractivity (Wildman–Crippen MR) is 54.2 cm³/mol. The first-order valence-corrected chi connectivity index (χ1v) is 5.25. The van der Waals surface area contributed by atoms with Crippen LogP contribution < -0.4 is 14.4 Å². The van der Waals surface area contributed by atoms with Crippen molar-refractivity contribution in [1.82, 2.24) is 0 Å². The highest BCUT2D eigenvalue weighted by atomic mass is 19.3.